The van der Waals surface area contributed by atoms with Crippen LogP contribution >= 0.6 is 22.9 Å². The van der Waals surface area contributed by atoms with Gasteiger partial charge in [0.05, 0.1) is 37.4 Å². The summed E-state index contributed by atoms with van der Waals surface area (Å²) in [4.78, 5) is 31.9. The molecule has 1 fully saturated rings. The fraction of sp³-hybridized carbons (Fsp3) is 0.576. The number of nitrogens with zero attached hydrogens (tertiary/aromatic N) is 4. The summed E-state index contributed by atoms with van der Waals surface area (Å²) >= 11 is 8.41. The number of carbonyl (C=O) groups is 2. The molecule has 1 amide bonds. The highest BCUT2D eigenvalue weighted by Gasteiger charge is 2.31. The monoisotopic (exact) mass is 628 g/mol. The van der Waals surface area contributed by atoms with Crippen LogP contribution in [-0.2, 0) is 25.2 Å². The van der Waals surface area contributed by atoms with Crippen LogP contribution < -0.4 is 4.74 Å². The Kier molecular flexibility index (Phi) is 9.96. The third-order valence-electron chi connectivity index (χ3n) is 8.13. The van der Waals surface area contributed by atoms with Gasteiger partial charge in [-0.05, 0) is 48.8 Å². The molecule has 2 aliphatic rings. The molecule has 10 heteroatoms. The van der Waals surface area contributed by atoms with E-state index in [0.717, 1.165) is 46.0 Å². The van der Waals surface area contributed by atoms with Crippen molar-refractivity contribution in [2.75, 3.05) is 33.9 Å². The van der Waals surface area contributed by atoms with Crippen LogP contribution in [0.15, 0.2) is 29.4 Å². The summed E-state index contributed by atoms with van der Waals surface area (Å²) in [7, 11) is 3.10. The molecule has 1 aromatic carbocycles. The Labute approximate surface area is 265 Å². The Bertz CT molecular complexity index is 1380. The lowest BCUT2D eigenvalue weighted by atomic mass is 9.78. The maximum absolute atomic E-state index is 13.2. The van der Waals surface area contributed by atoms with Crippen molar-refractivity contribution in [1.29, 1.82) is 0 Å². The van der Waals surface area contributed by atoms with Gasteiger partial charge in [0.25, 0.3) is 0 Å². The van der Waals surface area contributed by atoms with Gasteiger partial charge >= 0.3 is 5.97 Å². The first kappa shape index (κ1) is 33.0. The van der Waals surface area contributed by atoms with Gasteiger partial charge in [0.2, 0.25) is 5.91 Å². The molecule has 0 aliphatic carbocycles. The second kappa shape index (κ2) is 13.0. The normalized spacial score (nSPS) is 18.1. The van der Waals surface area contributed by atoms with Crippen molar-refractivity contribution in [2.45, 2.75) is 90.5 Å². The number of allylic oxidation sites excluding steroid dienone is 1. The lowest BCUT2D eigenvalue weighted by molar-refractivity contribution is -0.139. The van der Waals surface area contributed by atoms with Crippen molar-refractivity contribution in [3.63, 3.8) is 0 Å². The van der Waals surface area contributed by atoms with Gasteiger partial charge in [0, 0.05) is 35.7 Å². The number of methoxy groups -OCH3 is 2. The van der Waals surface area contributed by atoms with E-state index in [4.69, 9.17) is 26.1 Å². The minimum Gasteiger partial charge on any atom is -0.496 e. The summed E-state index contributed by atoms with van der Waals surface area (Å²) < 4.78 is 11.4. The molecule has 1 unspecified atom stereocenters. The zero-order chi connectivity index (χ0) is 31.7. The first-order valence-corrected chi connectivity index (χ1v) is 16.1. The number of hydrogen-bond donors (Lipinski definition) is 0. The number of thiazole rings is 1. The minimum atomic E-state index is -0.354. The molecular weight excluding hydrogens is 584 g/mol. The molecule has 0 N–H and O–H groups in total. The Morgan fingerprint density at radius 1 is 1.05 bits per heavy atom. The SMILES string of the molecule is COC(=O)CC1=NN(CC(=O)N2CCC(c3nc(-c4cc(C(C)(C)C)c(OC)c(C(C)(C)C)c4)c(Cl)s3)CC2)C(C)C=C1. The van der Waals surface area contributed by atoms with Gasteiger partial charge in [-0.2, -0.15) is 5.10 Å². The predicted octanol–water partition coefficient (Wildman–Crippen LogP) is 6.95. The number of esters is 1. The van der Waals surface area contributed by atoms with Gasteiger partial charge in [-0.3, -0.25) is 14.6 Å². The topological polar surface area (TPSA) is 84.3 Å². The van der Waals surface area contributed by atoms with Gasteiger partial charge in [-0.1, -0.05) is 59.2 Å². The lowest BCUT2D eigenvalue weighted by Crippen LogP contribution is -2.45. The second-order valence-corrected chi connectivity index (χ2v) is 15.1. The molecule has 2 aliphatic heterocycles. The lowest BCUT2D eigenvalue weighted by Gasteiger charge is -2.34. The molecule has 4 rings (SSSR count). The zero-order valence-corrected chi connectivity index (χ0v) is 28.5. The van der Waals surface area contributed by atoms with Crippen LogP contribution in [0.5, 0.6) is 5.75 Å². The summed E-state index contributed by atoms with van der Waals surface area (Å²) in [6.07, 6.45) is 5.50. The van der Waals surface area contributed by atoms with E-state index in [9.17, 15) is 9.59 Å². The summed E-state index contributed by atoms with van der Waals surface area (Å²) in [5.74, 6) is 0.840. The number of rotatable bonds is 7. The third kappa shape index (κ3) is 7.60. The summed E-state index contributed by atoms with van der Waals surface area (Å²) in [6, 6.07) is 4.32. The average Bonchev–Trinajstić information content (AvgIpc) is 3.34. The van der Waals surface area contributed by atoms with E-state index in [2.05, 4.69) is 58.8 Å². The smallest absolute Gasteiger partial charge is 0.311 e. The van der Waals surface area contributed by atoms with Crippen LogP contribution in [0.1, 0.15) is 89.8 Å². The highest BCUT2D eigenvalue weighted by Crippen LogP contribution is 2.45. The van der Waals surface area contributed by atoms with Crippen molar-refractivity contribution < 1.29 is 19.1 Å². The maximum atomic E-state index is 13.2. The number of hydrazone groups is 1. The quantitative estimate of drug-likeness (QED) is 0.309. The first-order valence-electron chi connectivity index (χ1n) is 14.9. The highest BCUT2D eigenvalue weighted by molar-refractivity contribution is 7.16. The van der Waals surface area contributed by atoms with E-state index in [0.29, 0.717) is 23.1 Å². The van der Waals surface area contributed by atoms with Crippen LogP contribution in [0.3, 0.4) is 0 Å². The van der Waals surface area contributed by atoms with Crippen LogP contribution in [-0.4, -0.2) is 72.4 Å². The van der Waals surface area contributed by atoms with Gasteiger partial charge in [0.1, 0.15) is 22.3 Å². The van der Waals surface area contributed by atoms with Crippen LogP contribution in [0.4, 0.5) is 0 Å². The predicted molar refractivity (Wildman–Crippen MR) is 174 cm³/mol. The van der Waals surface area contributed by atoms with Gasteiger partial charge in [-0.25, -0.2) is 4.98 Å². The van der Waals surface area contributed by atoms with Gasteiger partial charge < -0.3 is 14.4 Å². The minimum absolute atomic E-state index is 0.0299. The first-order chi connectivity index (χ1) is 20.1. The number of likely N-dealkylation sites (tertiary alicyclic amines) is 1. The molecule has 1 saturated heterocycles. The van der Waals surface area contributed by atoms with Crippen LogP contribution in [0.25, 0.3) is 11.3 Å². The Morgan fingerprint density at radius 3 is 2.19 bits per heavy atom. The van der Waals surface area contributed by atoms with Crippen molar-refractivity contribution in [3.05, 3.63) is 44.8 Å². The Balaban J connectivity index is 1.48. The van der Waals surface area contributed by atoms with E-state index >= 15 is 0 Å². The number of amides is 1. The van der Waals surface area contributed by atoms with Crippen molar-refractivity contribution in [2.24, 2.45) is 5.10 Å². The van der Waals surface area contributed by atoms with E-state index < -0.39 is 0 Å². The number of halogens is 1. The van der Waals surface area contributed by atoms with Crippen molar-refractivity contribution in [1.82, 2.24) is 14.9 Å². The third-order valence-corrected chi connectivity index (χ3v) is 9.54. The molecule has 0 spiro atoms. The molecule has 0 bridgehead atoms. The van der Waals surface area contributed by atoms with E-state index in [1.54, 1.807) is 23.5 Å². The number of carbonyl (C=O) groups excluding carboxylic acids is 2. The molecule has 234 valence electrons. The molecule has 3 heterocycles. The van der Waals surface area contributed by atoms with Crippen molar-refractivity contribution in [3.8, 4) is 17.0 Å². The van der Waals surface area contributed by atoms with E-state index in [-0.39, 0.29) is 47.6 Å². The summed E-state index contributed by atoms with van der Waals surface area (Å²) in [5.41, 5.74) is 4.43. The number of ether oxygens (including phenoxy) is 2. The van der Waals surface area contributed by atoms with Gasteiger partial charge in [0.15, 0.2) is 0 Å². The molecule has 2 aromatic rings. The van der Waals surface area contributed by atoms with Gasteiger partial charge in [-0.15, -0.1) is 11.3 Å². The van der Waals surface area contributed by atoms with E-state index in [1.165, 1.54) is 7.11 Å². The Hall–Kier alpha value is -2.91. The fourth-order valence-corrected chi connectivity index (χ4v) is 6.89. The molecule has 1 atom stereocenters. The molecule has 8 nitrogen and oxygen atoms in total. The van der Waals surface area contributed by atoms with Crippen molar-refractivity contribution >= 4 is 40.5 Å². The molecule has 0 saturated carbocycles. The standard InChI is InChI=1S/C33H45ClN4O4S/c1-20-10-11-23(18-27(40)41-8)36-38(20)19-26(39)37-14-12-21(13-15-37)31-35-28(30(34)43-31)22-16-24(32(2,3)4)29(42-9)25(17-22)33(5,6)7/h10-11,16-17,20-21H,12-15,18-19H2,1-9H3. The largest absolute Gasteiger partial charge is 0.496 e. The molecular formula is C33H45ClN4O4S. The van der Waals surface area contributed by atoms with E-state index in [1.807, 2.05) is 24.0 Å². The fourth-order valence-electron chi connectivity index (χ4n) is 5.52. The number of hydrogen-bond acceptors (Lipinski definition) is 8. The number of piperidine rings is 1. The van der Waals surface area contributed by atoms with Crippen LogP contribution in [0, 0.1) is 0 Å². The van der Waals surface area contributed by atoms with Crippen LogP contribution in [0.2, 0.25) is 4.34 Å². The summed E-state index contributed by atoms with van der Waals surface area (Å²) in [6.45, 7) is 16.6. The second-order valence-electron chi connectivity index (χ2n) is 13.5. The molecule has 43 heavy (non-hydrogen) atoms. The summed E-state index contributed by atoms with van der Waals surface area (Å²) in [5, 5.41) is 7.29. The maximum Gasteiger partial charge on any atom is 0.311 e. The Morgan fingerprint density at radius 2 is 1.65 bits per heavy atom. The highest BCUT2D eigenvalue weighted by atomic mass is 35.5. The molecule has 1 aromatic heterocycles. The number of benzene rings is 1. The number of aromatic nitrogens is 1. The molecule has 0 radical (unpaired) electrons. The average molecular weight is 629 g/mol. The zero-order valence-electron chi connectivity index (χ0n) is 26.9.